The number of hydrogen-bond acceptors (Lipinski definition) is 10. The number of hydrogen-bond donors (Lipinski definition) is 1. The van der Waals surface area contributed by atoms with Gasteiger partial charge < -0.3 is 14.8 Å². The summed E-state index contributed by atoms with van der Waals surface area (Å²) < 4.78 is 9.96. The Kier molecular flexibility index (Phi) is 10.4. The van der Waals surface area contributed by atoms with Gasteiger partial charge in [-0.15, -0.1) is 0 Å². The number of rotatable bonds is 11. The lowest BCUT2D eigenvalue weighted by Crippen LogP contribution is -2.37. The number of carbonyl (C=O) groups excluding carboxylic acids is 2. The molecule has 0 saturated heterocycles. The molecule has 39 heavy (non-hydrogen) atoms. The second kappa shape index (κ2) is 13.7. The Labute approximate surface area is 231 Å². The summed E-state index contributed by atoms with van der Waals surface area (Å²) >= 11 is 0.931. The Balaban J connectivity index is 2.31. The van der Waals surface area contributed by atoms with Crippen molar-refractivity contribution in [2.75, 3.05) is 40.2 Å². The molecular weight excluding hydrogens is 520 g/mol. The number of nitro groups is 1. The van der Waals surface area contributed by atoms with Crippen LogP contribution in [0.4, 0.5) is 11.4 Å². The van der Waals surface area contributed by atoms with Crippen molar-refractivity contribution in [1.29, 1.82) is 0 Å². The summed E-state index contributed by atoms with van der Waals surface area (Å²) in [6.45, 7) is 2.70. The highest BCUT2D eigenvalue weighted by atomic mass is 32.2. The Morgan fingerprint density at radius 3 is 2.38 bits per heavy atom. The van der Waals surface area contributed by atoms with Gasteiger partial charge in [-0.1, -0.05) is 61.5 Å². The zero-order valence-electron chi connectivity index (χ0n) is 22.6. The molecule has 0 spiro atoms. The fourth-order valence-electron chi connectivity index (χ4n) is 3.97. The van der Waals surface area contributed by atoms with Crippen molar-refractivity contribution >= 4 is 52.3 Å². The van der Waals surface area contributed by atoms with Gasteiger partial charge in [0.25, 0.3) is 5.69 Å². The number of anilines is 1. The molecule has 0 bridgehead atoms. The maximum atomic E-state index is 12.9. The number of unbranched alkanes of at least 4 members (excludes halogenated alkanes) is 1. The molecular formula is C28H32N4O6S. The maximum Gasteiger partial charge on any atom is 0.345 e. The molecule has 2 aromatic rings. The number of ether oxygens (including phenoxy) is 2. The summed E-state index contributed by atoms with van der Waals surface area (Å²) in [6, 6.07) is 12.5. The smallest absolute Gasteiger partial charge is 0.345 e. The third-order valence-corrected chi connectivity index (χ3v) is 7.02. The summed E-state index contributed by atoms with van der Waals surface area (Å²) in [5.41, 5.74) is 2.17. The number of carbonyl (C=O) groups is 2. The summed E-state index contributed by atoms with van der Waals surface area (Å²) in [5, 5.41) is 15.9. The zero-order valence-corrected chi connectivity index (χ0v) is 23.4. The van der Waals surface area contributed by atoms with Crippen LogP contribution >= 0.6 is 11.8 Å². The van der Waals surface area contributed by atoms with E-state index in [9.17, 15) is 19.7 Å². The van der Waals surface area contributed by atoms with Gasteiger partial charge in [-0.05, 0) is 38.2 Å². The van der Waals surface area contributed by atoms with E-state index in [1.54, 1.807) is 37.2 Å². The molecule has 0 saturated carbocycles. The summed E-state index contributed by atoms with van der Waals surface area (Å²) in [5.74, 6) is -1.44. The van der Waals surface area contributed by atoms with Crippen molar-refractivity contribution in [2.45, 2.75) is 25.9 Å². The van der Waals surface area contributed by atoms with Crippen LogP contribution in [0.5, 0.6) is 0 Å². The SMILES string of the molecule is CCCCNc1ccc([N+](=O)[O-])c(C=Cc2ccccc2)c1C1=NC(N(C)C)C(C(=O)OC)=C(C(=O)OC)S1. The Bertz CT molecular complexity index is 1320. The van der Waals surface area contributed by atoms with Gasteiger partial charge in [0.2, 0.25) is 0 Å². The van der Waals surface area contributed by atoms with Crippen LogP contribution in [-0.4, -0.2) is 67.8 Å². The highest BCUT2D eigenvalue weighted by Crippen LogP contribution is 2.40. The summed E-state index contributed by atoms with van der Waals surface area (Å²) in [4.78, 5) is 43.9. The monoisotopic (exact) mass is 552 g/mol. The minimum absolute atomic E-state index is 0.0112. The highest BCUT2D eigenvalue weighted by Gasteiger charge is 2.38. The van der Waals surface area contributed by atoms with Crippen molar-refractivity contribution in [3.63, 3.8) is 0 Å². The summed E-state index contributed by atoms with van der Waals surface area (Å²) in [7, 11) is 5.87. The fourth-order valence-corrected chi connectivity index (χ4v) is 5.10. The number of aliphatic imine (C=N–C) groups is 1. The second-order valence-corrected chi connectivity index (χ2v) is 9.80. The van der Waals surface area contributed by atoms with Crippen LogP contribution in [-0.2, 0) is 19.1 Å². The number of methoxy groups -OCH3 is 2. The third-order valence-electron chi connectivity index (χ3n) is 5.93. The van der Waals surface area contributed by atoms with Crippen LogP contribution in [0.3, 0.4) is 0 Å². The van der Waals surface area contributed by atoms with Crippen molar-refractivity contribution in [3.05, 3.63) is 79.7 Å². The lowest BCUT2D eigenvalue weighted by Gasteiger charge is -2.29. The fraction of sp³-hybridized carbons (Fsp3) is 0.321. The average molecular weight is 553 g/mol. The van der Waals surface area contributed by atoms with Crippen molar-refractivity contribution in [3.8, 4) is 0 Å². The first-order chi connectivity index (χ1) is 18.7. The number of esters is 2. The molecule has 2 aromatic carbocycles. The molecule has 0 radical (unpaired) electrons. The molecule has 206 valence electrons. The normalized spacial score (nSPS) is 15.3. The third kappa shape index (κ3) is 6.92. The lowest BCUT2D eigenvalue weighted by atomic mass is 10.0. The minimum Gasteiger partial charge on any atom is -0.466 e. The van der Waals surface area contributed by atoms with Gasteiger partial charge in [0.1, 0.15) is 16.1 Å². The van der Waals surface area contributed by atoms with E-state index in [0.29, 0.717) is 28.4 Å². The number of nitrogens with zero attached hydrogens (tertiary/aromatic N) is 3. The van der Waals surface area contributed by atoms with Crippen molar-refractivity contribution < 1.29 is 24.0 Å². The van der Waals surface area contributed by atoms with E-state index in [1.165, 1.54) is 20.3 Å². The van der Waals surface area contributed by atoms with E-state index in [-0.39, 0.29) is 16.2 Å². The van der Waals surface area contributed by atoms with E-state index in [4.69, 9.17) is 14.5 Å². The lowest BCUT2D eigenvalue weighted by molar-refractivity contribution is -0.385. The van der Waals surface area contributed by atoms with Crippen LogP contribution in [0.1, 0.15) is 36.5 Å². The van der Waals surface area contributed by atoms with Gasteiger partial charge in [0, 0.05) is 23.9 Å². The van der Waals surface area contributed by atoms with Crippen LogP contribution < -0.4 is 5.32 Å². The second-order valence-electron chi connectivity index (χ2n) is 8.80. The highest BCUT2D eigenvalue weighted by molar-refractivity contribution is 8.18. The predicted molar refractivity (Wildman–Crippen MR) is 155 cm³/mol. The molecule has 3 rings (SSSR count). The first-order valence-corrected chi connectivity index (χ1v) is 13.2. The minimum atomic E-state index is -0.892. The quantitative estimate of drug-likeness (QED) is 0.135. The maximum absolute atomic E-state index is 12.9. The molecule has 10 nitrogen and oxygen atoms in total. The molecule has 1 atom stereocenters. The molecule has 0 aromatic heterocycles. The standard InChI is InChI=1S/C28H32N4O6S/c1-6-7-17-29-20-15-16-21(32(35)36)19(14-13-18-11-9-8-10-12-18)22(20)26-30-25(31(2)3)23(27(33)37-4)24(39-26)28(34)38-5/h8-16,25,29H,6-7,17H2,1-5H3. The van der Waals surface area contributed by atoms with Gasteiger partial charge in [-0.25, -0.2) is 9.59 Å². The van der Waals surface area contributed by atoms with Gasteiger partial charge in [0.15, 0.2) is 0 Å². The first kappa shape index (κ1) is 29.6. The van der Waals surface area contributed by atoms with Gasteiger partial charge in [-0.3, -0.25) is 20.0 Å². The molecule has 1 unspecified atom stereocenters. The molecule has 11 heteroatoms. The molecule has 1 aliphatic heterocycles. The Hall–Kier alpha value is -3.96. The number of benzene rings is 2. The van der Waals surface area contributed by atoms with E-state index >= 15 is 0 Å². The Morgan fingerprint density at radius 1 is 1.10 bits per heavy atom. The van der Waals surface area contributed by atoms with Gasteiger partial charge in [-0.2, -0.15) is 0 Å². The number of thioether (sulfide) groups is 1. The van der Waals surface area contributed by atoms with Crippen LogP contribution in [0.2, 0.25) is 0 Å². The zero-order chi connectivity index (χ0) is 28.5. The molecule has 1 aliphatic rings. The molecule has 0 aliphatic carbocycles. The summed E-state index contributed by atoms with van der Waals surface area (Å²) in [6.07, 6.45) is 4.41. The largest absolute Gasteiger partial charge is 0.466 e. The van der Waals surface area contributed by atoms with Crippen LogP contribution in [0, 0.1) is 10.1 Å². The first-order valence-electron chi connectivity index (χ1n) is 12.3. The number of nitrogens with one attached hydrogen (secondary N) is 1. The van der Waals surface area contributed by atoms with E-state index in [2.05, 4.69) is 12.2 Å². The van der Waals surface area contributed by atoms with E-state index in [0.717, 1.165) is 30.2 Å². The number of nitro benzene ring substituents is 1. The predicted octanol–water partition coefficient (Wildman–Crippen LogP) is 4.96. The van der Waals surface area contributed by atoms with Gasteiger partial charge >= 0.3 is 11.9 Å². The topological polar surface area (TPSA) is 123 Å². The number of likely N-dealkylation sites (N-methyl/N-ethyl adjacent to an activating group) is 1. The van der Waals surface area contributed by atoms with Crippen LogP contribution in [0.25, 0.3) is 12.2 Å². The average Bonchev–Trinajstić information content (AvgIpc) is 2.94. The molecule has 1 heterocycles. The van der Waals surface area contributed by atoms with Crippen molar-refractivity contribution in [1.82, 2.24) is 4.90 Å². The molecule has 1 N–H and O–H groups in total. The van der Waals surface area contributed by atoms with Gasteiger partial charge in [0.05, 0.1) is 30.3 Å². The molecule has 0 fully saturated rings. The Morgan fingerprint density at radius 2 is 1.79 bits per heavy atom. The molecule has 0 amide bonds. The van der Waals surface area contributed by atoms with E-state index in [1.807, 2.05) is 30.3 Å². The van der Waals surface area contributed by atoms with E-state index < -0.39 is 23.0 Å². The van der Waals surface area contributed by atoms with Crippen LogP contribution in [0.15, 0.2) is 57.9 Å². The van der Waals surface area contributed by atoms with Crippen molar-refractivity contribution in [2.24, 2.45) is 4.99 Å².